The molecule has 2 aliphatic rings. The number of hydrogen-bond donors (Lipinski definition) is 2. The molecule has 3 aromatic carbocycles. The number of alkyl halides is 2. The number of aromatic nitrogens is 1. The number of hydrogen-bond acceptors (Lipinski definition) is 6. The Bertz CT molecular complexity index is 1570. The van der Waals surface area contributed by atoms with Gasteiger partial charge in [0.1, 0.15) is 5.75 Å². The number of nitrogens with two attached hydrogens (primary N) is 2. The molecule has 6 rings (SSSR count). The van der Waals surface area contributed by atoms with Crippen molar-refractivity contribution in [1.29, 1.82) is 0 Å². The highest BCUT2D eigenvalue weighted by Gasteiger charge is 2.41. The van der Waals surface area contributed by atoms with Gasteiger partial charge in [-0.05, 0) is 90.4 Å². The largest absolute Gasteiger partial charge is 0.439 e. The average Bonchev–Trinajstić information content (AvgIpc) is 2.95. The van der Waals surface area contributed by atoms with Crippen molar-refractivity contribution >= 4 is 50.3 Å². The summed E-state index contributed by atoms with van der Waals surface area (Å²) >= 11 is 4.46. The van der Waals surface area contributed by atoms with E-state index in [4.69, 9.17) is 15.6 Å². The van der Waals surface area contributed by atoms with Gasteiger partial charge in [0.15, 0.2) is 0 Å². The van der Waals surface area contributed by atoms with E-state index >= 15 is 0 Å². The highest BCUT2D eigenvalue weighted by Crippen LogP contribution is 2.43. The summed E-state index contributed by atoms with van der Waals surface area (Å²) in [6.07, 6.45) is 4.41. The van der Waals surface area contributed by atoms with Crippen LogP contribution in [0, 0.1) is 11.8 Å². The Morgan fingerprint density at radius 2 is 1.81 bits per heavy atom. The molecule has 3 atom stereocenters. The van der Waals surface area contributed by atoms with Crippen LogP contribution in [0.5, 0.6) is 11.6 Å². The molecular formula is C32H31BrF2N4O2S. The van der Waals surface area contributed by atoms with Crippen LogP contribution in [0.15, 0.2) is 99.4 Å². The number of fused-ring (bicyclic) bond motifs is 2. The molecule has 2 fully saturated rings. The maximum Gasteiger partial charge on any atom is 0.282 e. The van der Waals surface area contributed by atoms with E-state index in [-0.39, 0.29) is 17.5 Å². The van der Waals surface area contributed by atoms with Gasteiger partial charge in [0, 0.05) is 51.3 Å². The van der Waals surface area contributed by atoms with Gasteiger partial charge in [-0.15, -0.1) is 0 Å². The average molecular weight is 654 g/mol. The molecule has 1 aromatic heterocycles. The summed E-state index contributed by atoms with van der Waals surface area (Å²) in [6, 6.07) is 23.4. The molecule has 1 amide bonds. The summed E-state index contributed by atoms with van der Waals surface area (Å²) in [7, 11) is 0. The second-order valence-electron chi connectivity index (χ2n) is 10.6. The Labute approximate surface area is 256 Å². The van der Waals surface area contributed by atoms with E-state index in [1.807, 2.05) is 48.5 Å². The third-order valence-corrected chi connectivity index (χ3v) is 8.66. The second-order valence-corrected chi connectivity index (χ2v) is 12.2. The van der Waals surface area contributed by atoms with E-state index in [1.54, 1.807) is 18.3 Å². The van der Waals surface area contributed by atoms with Crippen LogP contribution in [0.1, 0.15) is 37.7 Å². The second kappa shape index (κ2) is 13.4. The standard InChI is InChI=1S/C17H19BrF2N2O.C15H12N2OS/c18-12-4-2-11(3-5-12)17(19,20)9-16(23)22-15-8-13(21)7-10-1-6-14(10)15;16-19-14-7-5-11-9-13(6-4-12(11)10-14)18-15-3-1-2-8-17-15/h2-5,10,13-14H,1,6-9,21H2;1-10H,16H2. The first kappa shape index (κ1) is 30.3. The van der Waals surface area contributed by atoms with Gasteiger partial charge in [0.2, 0.25) is 5.88 Å². The zero-order chi connectivity index (χ0) is 29.7. The van der Waals surface area contributed by atoms with Gasteiger partial charge in [-0.3, -0.25) is 9.93 Å². The van der Waals surface area contributed by atoms with E-state index in [1.165, 1.54) is 24.1 Å². The molecule has 2 saturated carbocycles. The lowest BCUT2D eigenvalue weighted by atomic mass is 9.63. The van der Waals surface area contributed by atoms with Crippen LogP contribution in [0.2, 0.25) is 0 Å². The first-order chi connectivity index (χ1) is 20.2. The van der Waals surface area contributed by atoms with Gasteiger partial charge < -0.3 is 10.5 Å². The SMILES string of the molecule is NC1CC(=NC(=O)CC(F)(F)c2ccc(Br)cc2)C2CCC2C1.NSc1ccc2cc(Oc3ccccn3)ccc2c1. The molecule has 0 saturated heterocycles. The first-order valence-electron chi connectivity index (χ1n) is 13.7. The monoisotopic (exact) mass is 652 g/mol. The molecule has 0 spiro atoms. The van der Waals surface area contributed by atoms with Crippen molar-refractivity contribution in [3.05, 3.63) is 95.1 Å². The number of pyridine rings is 1. The normalized spacial score (nSPS) is 20.7. The van der Waals surface area contributed by atoms with Gasteiger partial charge in [-0.25, -0.2) is 18.8 Å². The number of benzene rings is 3. The fourth-order valence-corrected chi connectivity index (χ4v) is 5.97. The Kier molecular flexibility index (Phi) is 9.67. The molecule has 6 nitrogen and oxygen atoms in total. The molecule has 0 aliphatic heterocycles. The number of aliphatic imine (C=N–C) groups is 1. The lowest BCUT2D eigenvalue weighted by molar-refractivity contribution is -0.125. The summed E-state index contributed by atoms with van der Waals surface area (Å²) in [6.45, 7) is 0. The zero-order valence-corrected chi connectivity index (χ0v) is 25.2. The van der Waals surface area contributed by atoms with Crippen LogP contribution < -0.4 is 15.6 Å². The van der Waals surface area contributed by atoms with Crippen molar-refractivity contribution in [1.82, 2.24) is 4.98 Å². The first-order valence-corrected chi connectivity index (χ1v) is 15.4. The summed E-state index contributed by atoms with van der Waals surface area (Å²) in [5.41, 5.74) is 6.54. The van der Waals surface area contributed by atoms with Crippen molar-refractivity contribution in [3.63, 3.8) is 0 Å². The Morgan fingerprint density at radius 3 is 2.50 bits per heavy atom. The van der Waals surface area contributed by atoms with Crippen molar-refractivity contribution in [3.8, 4) is 11.6 Å². The number of nitrogens with zero attached hydrogens (tertiary/aromatic N) is 2. The maximum atomic E-state index is 14.2. The third-order valence-electron chi connectivity index (χ3n) is 7.61. The molecule has 10 heteroatoms. The fraction of sp³-hybridized carbons (Fsp3) is 0.281. The van der Waals surface area contributed by atoms with E-state index in [2.05, 4.69) is 32.0 Å². The summed E-state index contributed by atoms with van der Waals surface area (Å²) in [4.78, 5) is 21.2. The highest BCUT2D eigenvalue weighted by atomic mass is 79.9. The number of halogens is 3. The number of ether oxygens (including phenoxy) is 1. The van der Waals surface area contributed by atoms with Crippen molar-refractivity contribution < 1.29 is 18.3 Å². The Hall–Kier alpha value is -3.18. The topological polar surface area (TPSA) is 104 Å². The predicted molar refractivity (Wildman–Crippen MR) is 167 cm³/mol. The van der Waals surface area contributed by atoms with E-state index in [0.717, 1.165) is 50.9 Å². The van der Waals surface area contributed by atoms with Crippen molar-refractivity contribution in [2.24, 2.45) is 27.7 Å². The lowest BCUT2D eigenvalue weighted by Gasteiger charge is -2.43. The number of carbonyl (C=O) groups excluding carboxylic acids is 1. The Balaban J connectivity index is 0.000000171. The molecule has 4 N–H and O–H groups in total. The molecule has 0 bridgehead atoms. The summed E-state index contributed by atoms with van der Waals surface area (Å²) in [5.74, 6) is -1.84. The van der Waals surface area contributed by atoms with Crippen LogP contribution in [0.4, 0.5) is 8.78 Å². The molecule has 3 unspecified atom stereocenters. The molecule has 4 aromatic rings. The summed E-state index contributed by atoms with van der Waals surface area (Å²) < 4.78 is 34.9. The molecule has 0 radical (unpaired) electrons. The van der Waals surface area contributed by atoms with Crippen molar-refractivity contribution in [2.75, 3.05) is 0 Å². The van der Waals surface area contributed by atoms with Gasteiger partial charge >= 0.3 is 0 Å². The number of amides is 1. The zero-order valence-electron chi connectivity index (χ0n) is 22.8. The minimum absolute atomic E-state index is 0.00455. The minimum Gasteiger partial charge on any atom is -0.439 e. The van der Waals surface area contributed by atoms with Crippen LogP contribution in [0.3, 0.4) is 0 Å². The maximum absolute atomic E-state index is 14.2. The molecule has 218 valence electrons. The van der Waals surface area contributed by atoms with E-state index in [9.17, 15) is 13.6 Å². The van der Waals surface area contributed by atoms with Crippen LogP contribution >= 0.6 is 27.9 Å². The Morgan fingerprint density at radius 1 is 1.05 bits per heavy atom. The van der Waals surface area contributed by atoms with E-state index < -0.39 is 18.3 Å². The fourth-order valence-electron chi connectivity index (χ4n) is 5.36. The van der Waals surface area contributed by atoms with E-state index in [0.29, 0.717) is 18.2 Å². The van der Waals surface area contributed by atoms with Crippen LogP contribution in [-0.2, 0) is 10.7 Å². The van der Waals surface area contributed by atoms with Crippen LogP contribution in [0.25, 0.3) is 10.8 Å². The molecule has 42 heavy (non-hydrogen) atoms. The van der Waals surface area contributed by atoms with Gasteiger partial charge in [0.05, 0.1) is 6.42 Å². The molecular weight excluding hydrogens is 622 g/mol. The third kappa shape index (κ3) is 7.60. The smallest absolute Gasteiger partial charge is 0.282 e. The quantitative estimate of drug-likeness (QED) is 0.204. The van der Waals surface area contributed by atoms with Gasteiger partial charge in [-0.1, -0.05) is 46.3 Å². The number of rotatable bonds is 6. The van der Waals surface area contributed by atoms with Crippen LogP contribution in [-0.4, -0.2) is 22.6 Å². The molecule has 1 heterocycles. The summed E-state index contributed by atoms with van der Waals surface area (Å²) in [5, 5.41) is 7.82. The van der Waals surface area contributed by atoms with Crippen molar-refractivity contribution in [2.45, 2.75) is 49.0 Å². The highest BCUT2D eigenvalue weighted by molar-refractivity contribution is 9.10. The van der Waals surface area contributed by atoms with Gasteiger partial charge in [0.25, 0.3) is 11.8 Å². The number of carbonyl (C=O) groups is 1. The minimum atomic E-state index is -3.21. The molecule has 2 aliphatic carbocycles. The lowest BCUT2D eigenvalue weighted by Crippen LogP contribution is -2.45. The van der Waals surface area contributed by atoms with Gasteiger partial charge in [-0.2, -0.15) is 0 Å². The predicted octanol–water partition coefficient (Wildman–Crippen LogP) is 8.04.